The summed E-state index contributed by atoms with van der Waals surface area (Å²) < 4.78 is 6.51. The number of rotatable bonds is 6. The predicted octanol–water partition coefficient (Wildman–Crippen LogP) is 4.40. The largest absolute Gasteiger partial charge is 0.504 e. The summed E-state index contributed by atoms with van der Waals surface area (Å²) in [5, 5.41) is 13.2. The molecule has 0 saturated carbocycles. The molecule has 3 nitrogen and oxygen atoms in total. The number of phenolic OH excluding ortho intramolecular Hbond substituents is 1. The van der Waals surface area contributed by atoms with Crippen LogP contribution in [0.5, 0.6) is 11.5 Å². The van der Waals surface area contributed by atoms with E-state index in [-0.39, 0.29) is 11.8 Å². The van der Waals surface area contributed by atoms with Gasteiger partial charge in [-0.3, -0.25) is 0 Å². The predicted molar refractivity (Wildman–Crippen MR) is 88.7 cm³/mol. The van der Waals surface area contributed by atoms with Crippen molar-refractivity contribution >= 4 is 15.9 Å². The lowest BCUT2D eigenvalue weighted by Crippen LogP contribution is -2.18. The minimum Gasteiger partial charge on any atom is -0.504 e. The van der Waals surface area contributed by atoms with E-state index in [1.165, 1.54) is 5.56 Å². The molecule has 1 unspecified atom stereocenters. The van der Waals surface area contributed by atoms with E-state index in [0.29, 0.717) is 18.9 Å². The van der Waals surface area contributed by atoms with Crippen LogP contribution in [-0.2, 0) is 6.54 Å². The Hall–Kier alpha value is -1.52. The second-order valence-electron chi connectivity index (χ2n) is 4.86. The smallest absolute Gasteiger partial charge is 0.161 e. The van der Waals surface area contributed by atoms with Crippen LogP contribution in [0.25, 0.3) is 0 Å². The van der Waals surface area contributed by atoms with Gasteiger partial charge in [-0.25, -0.2) is 0 Å². The molecule has 4 heteroatoms. The van der Waals surface area contributed by atoms with Crippen LogP contribution in [0, 0.1) is 0 Å². The number of benzene rings is 2. The highest BCUT2D eigenvalue weighted by atomic mass is 79.9. The summed E-state index contributed by atoms with van der Waals surface area (Å²) in [5.41, 5.74) is 2.30. The summed E-state index contributed by atoms with van der Waals surface area (Å²) in [6.45, 7) is 5.28. The number of halogens is 1. The Bertz CT molecular complexity index is 601. The highest BCUT2D eigenvalue weighted by Gasteiger charge is 2.09. The average molecular weight is 350 g/mol. The van der Waals surface area contributed by atoms with Crippen LogP contribution < -0.4 is 10.1 Å². The van der Waals surface area contributed by atoms with Crippen LogP contribution in [0.4, 0.5) is 0 Å². The summed E-state index contributed by atoms with van der Waals surface area (Å²) in [5.74, 6) is 0.713. The van der Waals surface area contributed by atoms with Crippen LogP contribution in [-0.4, -0.2) is 11.7 Å². The summed E-state index contributed by atoms with van der Waals surface area (Å²) in [4.78, 5) is 0. The SMILES string of the molecule is CCOc1cc(CNC(C)c2ccccc2Br)ccc1O. The first-order chi connectivity index (χ1) is 10.1. The van der Waals surface area contributed by atoms with Crippen LogP contribution in [0.2, 0.25) is 0 Å². The molecule has 2 aromatic carbocycles. The second kappa shape index (κ2) is 7.48. The van der Waals surface area contributed by atoms with Gasteiger partial charge in [-0.1, -0.05) is 40.2 Å². The highest BCUT2D eigenvalue weighted by Crippen LogP contribution is 2.27. The summed E-state index contributed by atoms with van der Waals surface area (Å²) in [6, 6.07) is 13.9. The number of aromatic hydroxyl groups is 1. The zero-order valence-corrected chi connectivity index (χ0v) is 13.9. The third-order valence-corrected chi connectivity index (χ3v) is 4.03. The van der Waals surface area contributed by atoms with Gasteiger partial charge in [0.05, 0.1) is 6.61 Å². The van der Waals surface area contributed by atoms with Gasteiger partial charge >= 0.3 is 0 Å². The third kappa shape index (κ3) is 4.22. The molecule has 2 aromatic rings. The van der Waals surface area contributed by atoms with Gasteiger partial charge in [0.2, 0.25) is 0 Å². The molecular formula is C17H20BrNO2. The minimum absolute atomic E-state index is 0.180. The first kappa shape index (κ1) is 15.9. The van der Waals surface area contributed by atoms with E-state index >= 15 is 0 Å². The van der Waals surface area contributed by atoms with Crippen molar-refractivity contribution in [2.75, 3.05) is 6.61 Å². The highest BCUT2D eigenvalue weighted by molar-refractivity contribution is 9.10. The fourth-order valence-corrected chi connectivity index (χ4v) is 2.77. The molecule has 1 atom stereocenters. The lowest BCUT2D eigenvalue weighted by molar-refractivity contribution is 0.317. The van der Waals surface area contributed by atoms with Gasteiger partial charge in [0.25, 0.3) is 0 Å². The van der Waals surface area contributed by atoms with Crippen molar-refractivity contribution in [3.8, 4) is 11.5 Å². The zero-order chi connectivity index (χ0) is 15.2. The lowest BCUT2D eigenvalue weighted by atomic mass is 10.1. The Balaban J connectivity index is 2.03. The van der Waals surface area contributed by atoms with Gasteiger partial charge in [-0.15, -0.1) is 0 Å². The molecule has 0 aliphatic rings. The molecule has 0 aliphatic carbocycles. The molecule has 2 rings (SSSR count). The van der Waals surface area contributed by atoms with E-state index in [9.17, 15) is 5.11 Å². The molecule has 0 amide bonds. The van der Waals surface area contributed by atoms with Crippen LogP contribution in [0.1, 0.15) is 31.0 Å². The molecule has 0 aliphatic heterocycles. The Morgan fingerprint density at radius 2 is 2.00 bits per heavy atom. The second-order valence-corrected chi connectivity index (χ2v) is 5.71. The normalized spacial score (nSPS) is 12.1. The fraction of sp³-hybridized carbons (Fsp3) is 0.294. The summed E-state index contributed by atoms with van der Waals surface area (Å²) in [7, 11) is 0. The first-order valence-electron chi connectivity index (χ1n) is 7.04. The van der Waals surface area contributed by atoms with Gasteiger partial charge in [-0.2, -0.15) is 0 Å². The van der Waals surface area contributed by atoms with Crippen molar-refractivity contribution in [2.24, 2.45) is 0 Å². The molecule has 112 valence electrons. The van der Waals surface area contributed by atoms with E-state index in [1.54, 1.807) is 6.07 Å². The molecule has 0 heterocycles. The lowest BCUT2D eigenvalue weighted by Gasteiger charge is -2.16. The maximum Gasteiger partial charge on any atom is 0.161 e. The maximum absolute atomic E-state index is 9.71. The van der Waals surface area contributed by atoms with Crippen molar-refractivity contribution in [1.82, 2.24) is 5.32 Å². The molecule has 21 heavy (non-hydrogen) atoms. The molecule has 0 bridgehead atoms. The Morgan fingerprint density at radius 1 is 1.24 bits per heavy atom. The Labute approximate surface area is 134 Å². The van der Waals surface area contributed by atoms with Gasteiger partial charge < -0.3 is 15.2 Å². The van der Waals surface area contributed by atoms with E-state index in [2.05, 4.69) is 34.2 Å². The van der Waals surface area contributed by atoms with Gasteiger partial charge in [0.15, 0.2) is 11.5 Å². The monoisotopic (exact) mass is 349 g/mol. The van der Waals surface area contributed by atoms with E-state index in [4.69, 9.17) is 4.74 Å². The molecular weight excluding hydrogens is 330 g/mol. The number of nitrogens with one attached hydrogen (secondary N) is 1. The molecule has 0 fully saturated rings. The van der Waals surface area contributed by atoms with Crippen molar-refractivity contribution in [3.63, 3.8) is 0 Å². The molecule has 0 saturated heterocycles. The van der Waals surface area contributed by atoms with E-state index in [0.717, 1.165) is 10.0 Å². The molecule has 0 aromatic heterocycles. The van der Waals surface area contributed by atoms with Gasteiger partial charge in [0.1, 0.15) is 0 Å². The topological polar surface area (TPSA) is 41.5 Å². The van der Waals surface area contributed by atoms with E-state index in [1.807, 2.05) is 37.3 Å². The van der Waals surface area contributed by atoms with Crippen LogP contribution >= 0.6 is 15.9 Å². The number of hydrogen-bond acceptors (Lipinski definition) is 3. The van der Waals surface area contributed by atoms with Crippen LogP contribution in [0.15, 0.2) is 46.9 Å². The standard InChI is InChI=1S/C17H20BrNO2/c1-3-21-17-10-13(8-9-16(17)20)11-19-12(2)14-6-4-5-7-15(14)18/h4-10,12,19-20H,3,11H2,1-2H3. The molecule has 2 N–H and O–H groups in total. The van der Waals surface area contributed by atoms with E-state index < -0.39 is 0 Å². The molecule has 0 radical (unpaired) electrons. The summed E-state index contributed by atoms with van der Waals surface area (Å²) >= 11 is 3.57. The quantitative estimate of drug-likeness (QED) is 0.811. The third-order valence-electron chi connectivity index (χ3n) is 3.31. The van der Waals surface area contributed by atoms with Crippen molar-refractivity contribution in [1.29, 1.82) is 0 Å². The number of hydrogen-bond donors (Lipinski definition) is 2. The summed E-state index contributed by atoms with van der Waals surface area (Å²) in [6.07, 6.45) is 0. The van der Waals surface area contributed by atoms with Crippen molar-refractivity contribution < 1.29 is 9.84 Å². The van der Waals surface area contributed by atoms with Crippen LogP contribution in [0.3, 0.4) is 0 Å². The average Bonchev–Trinajstić information content (AvgIpc) is 2.48. The maximum atomic E-state index is 9.71. The van der Waals surface area contributed by atoms with Gasteiger partial charge in [0, 0.05) is 17.1 Å². The molecule has 0 spiro atoms. The Kier molecular flexibility index (Phi) is 5.65. The Morgan fingerprint density at radius 3 is 2.71 bits per heavy atom. The van der Waals surface area contributed by atoms with Crippen molar-refractivity contribution in [3.05, 3.63) is 58.1 Å². The number of phenols is 1. The minimum atomic E-state index is 0.180. The first-order valence-corrected chi connectivity index (χ1v) is 7.83. The fourth-order valence-electron chi connectivity index (χ4n) is 2.15. The number of ether oxygens (including phenoxy) is 1. The van der Waals surface area contributed by atoms with Crippen molar-refractivity contribution in [2.45, 2.75) is 26.4 Å². The zero-order valence-electron chi connectivity index (χ0n) is 12.3. The van der Waals surface area contributed by atoms with Gasteiger partial charge in [-0.05, 0) is 43.2 Å².